The summed E-state index contributed by atoms with van der Waals surface area (Å²) < 4.78 is 13.2. The third-order valence-corrected chi connectivity index (χ3v) is 8.16. The normalized spacial score (nSPS) is 12.1. The molecule has 0 heterocycles. The Morgan fingerprint density at radius 1 is 0.900 bits per heavy atom. The number of nitrogens with one attached hydrogen (secondary N) is 1. The quantitative estimate of drug-likeness (QED) is 0.381. The molecule has 0 aromatic heterocycles. The number of nitrogens with zero attached hydrogens (tertiary/aromatic N) is 1. The van der Waals surface area contributed by atoms with E-state index in [1.54, 1.807) is 12.1 Å². The van der Waals surface area contributed by atoms with E-state index in [1.807, 2.05) is 7.05 Å². The van der Waals surface area contributed by atoms with Crippen LogP contribution >= 0.6 is 20.1 Å². The molecule has 2 nitrogen and oxygen atoms in total. The van der Waals surface area contributed by atoms with Gasteiger partial charge in [0.1, 0.15) is 5.82 Å². The molecule has 30 heavy (non-hydrogen) atoms. The highest BCUT2D eigenvalue weighted by Crippen LogP contribution is 2.36. The van der Waals surface area contributed by atoms with Gasteiger partial charge in [-0.3, -0.25) is 0 Å². The van der Waals surface area contributed by atoms with Crippen LogP contribution in [-0.4, -0.2) is 29.3 Å². The molecule has 0 amide bonds. The number of benzene rings is 3. The van der Waals surface area contributed by atoms with Crippen LogP contribution in [0.4, 0.5) is 10.1 Å². The van der Waals surface area contributed by atoms with Gasteiger partial charge in [-0.25, -0.2) is 4.39 Å². The molecule has 3 aromatic rings. The summed E-state index contributed by atoms with van der Waals surface area (Å²) in [5.41, 5.74) is 0.795. The Morgan fingerprint density at radius 3 is 1.87 bits per heavy atom. The Hall–Kier alpha value is -2.29. The zero-order chi connectivity index (χ0) is 21.5. The van der Waals surface area contributed by atoms with Gasteiger partial charge in [0.2, 0.25) is 0 Å². The van der Waals surface area contributed by atoms with Gasteiger partial charge >= 0.3 is 0 Å². The third-order valence-electron chi connectivity index (χ3n) is 5.19. The fourth-order valence-electron chi connectivity index (χ4n) is 3.44. The molecule has 0 spiro atoms. The molecule has 0 saturated heterocycles. The minimum atomic E-state index is -0.522. The second-order valence-electron chi connectivity index (χ2n) is 7.64. The van der Waals surface area contributed by atoms with Gasteiger partial charge in [-0.15, -0.1) is 0 Å². The lowest BCUT2D eigenvalue weighted by Crippen LogP contribution is -2.45. The van der Waals surface area contributed by atoms with E-state index >= 15 is 0 Å². The van der Waals surface area contributed by atoms with E-state index in [1.165, 1.54) is 22.7 Å². The number of thiocarbonyl (C=S) groups is 1. The van der Waals surface area contributed by atoms with E-state index in [9.17, 15) is 4.39 Å². The summed E-state index contributed by atoms with van der Waals surface area (Å²) in [5, 5.41) is 6.65. The second-order valence-corrected chi connectivity index (χ2v) is 10.3. The average Bonchev–Trinajstić information content (AvgIpc) is 2.76. The molecule has 3 aromatic carbocycles. The van der Waals surface area contributed by atoms with E-state index in [0.717, 1.165) is 11.8 Å². The van der Waals surface area contributed by atoms with Gasteiger partial charge in [-0.05, 0) is 67.1 Å². The van der Waals surface area contributed by atoms with Gasteiger partial charge in [0, 0.05) is 18.8 Å². The average molecular weight is 439 g/mol. The first-order valence-electron chi connectivity index (χ1n) is 10.1. The van der Waals surface area contributed by atoms with Gasteiger partial charge in [0.05, 0.1) is 0 Å². The van der Waals surface area contributed by atoms with Crippen LogP contribution in [0.1, 0.15) is 13.8 Å². The molecular formula is C25H28FN2PS. The first kappa shape index (κ1) is 22.4. The molecule has 1 atom stereocenters. The first-order chi connectivity index (χ1) is 14.5. The predicted octanol–water partition coefficient (Wildman–Crippen LogP) is 5.61. The van der Waals surface area contributed by atoms with E-state index < -0.39 is 7.92 Å². The van der Waals surface area contributed by atoms with Crippen molar-refractivity contribution in [2.75, 3.05) is 18.5 Å². The summed E-state index contributed by atoms with van der Waals surface area (Å²) in [5.74, 6) is 0.164. The third kappa shape index (κ3) is 5.87. The lowest BCUT2D eigenvalue weighted by molar-refractivity contribution is 0.317. The van der Waals surface area contributed by atoms with Crippen molar-refractivity contribution < 1.29 is 4.39 Å². The fourth-order valence-corrected chi connectivity index (χ4v) is 6.52. The molecule has 3 rings (SSSR count). The number of halogens is 1. The molecule has 0 aliphatic carbocycles. The molecule has 0 saturated carbocycles. The fraction of sp³-hybridized carbons (Fsp3) is 0.240. The van der Waals surface area contributed by atoms with Crippen LogP contribution < -0.4 is 15.9 Å². The molecular weight excluding hydrogens is 410 g/mol. The Bertz CT molecular complexity index is 893. The minimum absolute atomic E-state index is 0.253. The maximum Gasteiger partial charge on any atom is 0.173 e. The number of hydrogen-bond acceptors (Lipinski definition) is 1. The van der Waals surface area contributed by atoms with Crippen LogP contribution in [0.25, 0.3) is 0 Å². The van der Waals surface area contributed by atoms with Crippen LogP contribution in [0, 0.1) is 11.7 Å². The molecule has 1 N–H and O–H groups in total. The van der Waals surface area contributed by atoms with Gasteiger partial charge < -0.3 is 10.2 Å². The first-order valence-corrected chi connectivity index (χ1v) is 12.1. The topological polar surface area (TPSA) is 15.3 Å². The minimum Gasteiger partial charge on any atom is -0.348 e. The van der Waals surface area contributed by atoms with Crippen molar-refractivity contribution in [3.8, 4) is 0 Å². The highest BCUT2D eigenvalue weighted by molar-refractivity contribution is 7.80. The van der Waals surface area contributed by atoms with Gasteiger partial charge in [0.25, 0.3) is 0 Å². The Labute approximate surface area is 185 Å². The second kappa shape index (κ2) is 10.7. The highest BCUT2D eigenvalue weighted by Gasteiger charge is 2.26. The molecule has 5 heteroatoms. The van der Waals surface area contributed by atoms with Crippen LogP contribution in [0.15, 0.2) is 84.9 Å². The predicted molar refractivity (Wildman–Crippen MR) is 133 cm³/mol. The lowest BCUT2D eigenvalue weighted by Gasteiger charge is -2.36. The van der Waals surface area contributed by atoms with Crippen LogP contribution in [0.2, 0.25) is 0 Å². The molecule has 0 aliphatic heterocycles. The van der Waals surface area contributed by atoms with Gasteiger partial charge in [-0.1, -0.05) is 74.5 Å². The molecule has 156 valence electrons. The van der Waals surface area contributed by atoms with Gasteiger partial charge in [-0.2, -0.15) is 0 Å². The van der Waals surface area contributed by atoms with Crippen molar-refractivity contribution in [2.24, 2.45) is 5.92 Å². The maximum atomic E-state index is 13.2. The summed E-state index contributed by atoms with van der Waals surface area (Å²) >= 11 is 5.70. The Kier molecular flexibility index (Phi) is 7.95. The SMILES string of the molecule is CC(C)[C@@H](CP(c1ccccc1)c1ccccc1)N(C)C(=S)Nc1ccc(F)cc1. The highest BCUT2D eigenvalue weighted by atomic mass is 32.1. The summed E-state index contributed by atoms with van der Waals surface area (Å²) in [4.78, 5) is 2.16. The lowest BCUT2D eigenvalue weighted by atomic mass is 10.1. The monoisotopic (exact) mass is 438 g/mol. The molecule has 0 aliphatic rings. The van der Waals surface area contributed by atoms with Crippen LogP contribution in [0.3, 0.4) is 0 Å². The smallest absolute Gasteiger partial charge is 0.173 e. The van der Waals surface area contributed by atoms with E-state index in [0.29, 0.717) is 11.0 Å². The van der Waals surface area contributed by atoms with E-state index in [2.05, 4.69) is 84.7 Å². The van der Waals surface area contributed by atoms with E-state index in [-0.39, 0.29) is 11.9 Å². The number of hydrogen-bond donors (Lipinski definition) is 1. The van der Waals surface area contributed by atoms with Crippen molar-refractivity contribution >= 4 is 41.5 Å². The Morgan fingerprint density at radius 2 is 1.40 bits per heavy atom. The van der Waals surface area contributed by atoms with Crippen molar-refractivity contribution in [2.45, 2.75) is 19.9 Å². The summed E-state index contributed by atoms with van der Waals surface area (Å²) in [6, 6.07) is 28.1. The summed E-state index contributed by atoms with van der Waals surface area (Å²) in [6.45, 7) is 4.48. The van der Waals surface area contributed by atoms with Crippen molar-refractivity contribution in [1.29, 1.82) is 0 Å². The molecule has 0 fully saturated rings. The largest absolute Gasteiger partial charge is 0.348 e. The van der Waals surface area contributed by atoms with Gasteiger partial charge in [0.15, 0.2) is 5.11 Å². The molecule has 0 bridgehead atoms. The maximum absolute atomic E-state index is 13.2. The van der Waals surface area contributed by atoms with Crippen molar-refractivity contribution in [3.05, 3.63) is 90.7 Å². The summed E-state index contributed by atoms with van der Waals surface area (Å²) in [6.07, 6.45) is 1.00. The van der Waals surface area contributed by atoms with Crippen LogP contribution in [0.5, 0.6) is 0 Å². The van der Waals surface area contributed by atoms with Crippen molar-refractivity contribution in [1.82, 2.24) is 4.90 Å². The number of rotatable bonds is 7. The zero-order valence-electron chi connectivity index (χ0n) is 17.6. The zero-order valence-corrected chi connectivity index (χ0v) is 19.3. The van der Waals surface area contributed by atoms with Crippen LogP contribution in [-0.2, 0) is 0 Å². The standard InChI is InChI=1S/C25H28FN2PS/c1-19(2)24(28(3)25(30)27-21-16-14-20(26)15-17-21)18-29(22-10-6-4-7-11-22)23-12-8-5-9-13-23/h4-17,19,24H,18H2,1-3H3,(H,27,30)/t24-/m1/s1. The van der Waals surface area contributed by atoms with E-state index in [4.69, 9.17) is 12.2 Å². The summed E-state index contributed by atoms with van der Waals surface area (Å²) in [7, 11) is 1.53. The number of anilines is 1. The molecule has 0 radical (unpaired) electrons. The van der Waals surface area contributed by atoms with Crippen molar-refractivity contribution in [3.63, 3.8) is 0 Å². The Balaban J connectivity index is 1.82. The molecule has 0 unspecified atom stereocenters.